The Bertz CT molecular complexity index is 596. The van der Waals surface area contributed by atoms with Gasteiger partial charge in [-0.3, -0.25) is 4.79 Å². The Morgan fingerprint density at radius 2 is 2.30 bits per heavy atom. The van der Waals surface area contributed by atoms with Crippen molar-refractivity contribution in [2.24, 2.45) is 0 Å². The third kappa shape index (κ3) is 2.29. The van der Waals surface area contributed by atoms with E-state index in [1.807, 2.05) is 38.1 Å². The average Bonchev–Trinajstić information content (AvgIpc) is 3.05. The van der Waals surface area contributed by atoms with E-state index in [0.29, 0.717) is 6.61 Å². The number of aromatic amines is 1. The predicted molar refractivity (Wildman–Crippen MR) is 76.2 cm³/mol. The van der Waals surface area contributed by atoms with Crippen molar-refractivity contribution in [2.75, 3.05) is 6.61 Å². The number of para-hydroxylation sites is 2. The second kappa shape index (κ2) is 4.90. The molecular formula is C15H19N3O2. The Balaban J connectivity index is 1.75. The van der Waals surface area contributed by atoms with Crippen molar-refractivity contribution in [3.05, 3.63) is 30.1 Å². The average molecular weight is 273 g/mol. The summed E-state index contributed by atoms with van der Waals surface area (Å²) in [7, 11) is 0. The Morgan fingerprint density at radius 1 is 1.50 bits per heavy atom. The number of aromatic nitrogens is 2. The lowest BCUT2D eigenvalue weighted by atomic mass is 10.0. The molecule has 2 atom stereocenters. The maximum atomic E-state index is 12.3. The molecule has 2 N–H and O–H groups in total. The Labute approximate surface area is 117 Å². The molecule has 0 saturated carbocycles. The van der Waals surface area contributed by atoms with Gasteiger partial charge in [-0.15, -0.1) is 0 Å². The summed E-state index contributed by atoms with van der Waals surface area (Å²) in [5.41, 5.74) is 1.19. The minimum Gasteiger partial charge on any atom is -0.365 e. The Morgan fingerprint density at radius 3 is 3.00 bits per heavy atom. The van der Waals surface area contributed by atoms with Crippen LogP contribution in [0.1, 0.15) is 38.6 Å². The van der Waals surface area contributed by atoms with E-state index in [1.54, 1.807) is 0 Å². The number of imidazole rings is 1. The first-order valence-corrected chi connectivity index (χ1v) is 6.98. The van der Waals surface area contributed by atoms with Crippen LogP contribution in [0.5, 0.6) is 0 Å². The summed E-state index contributed by atoms with van der Waals surface area (Å²) in [6.45, 7) is 4.43. The van der Waals surface area contributed by atoms with Gasteiger partial charge in [0.2, 0.25) is 0 Å². The van der Waals surface area contributed by atoms with Crippen LogP contribution in [-0.2, 0) is 9.53 Å². The van der Waals surface area contributed by atoms with Gasteiger partial charge in [-0.1, -0.05) is 12.1 Å². The molecule has 20 heavy (non-hydrogen) atoms. The summed E-state index contributed by atoms with van der Waals surface area (Å²) in [5, 5.41) is 2.98. The van der Waals surface area contributed by atoms with Crippen molar-refractivity contribution in [3.63, 3.8) is 0 Å². The third-order valence-electron chi connectivity index (χ3n) is 3.86. The summed E-state index contributed by atoms with van der Waals surface area (Å²) in [5.74, 6) is 0.698. The lowest BCUT2D eigenvalue weighted by Gasteiger charge is -2.24. The van der Waals surface area contributed by atoms with E-state index in [4.69, 9.17) is 4.74 Å². The molecule has 1 amide bonds. The van der Waals surface area contributed by atoms with E-state index >= 15 is 0 Å². The van der Waals surface area contributed by atoms with Gasteiger partial charge in [0, 0.05) is 6.61 Å². The van der Waals surface area contributed by atoms with Crippen LogP contribution in [0.25, 0.3) is 11.0 Å². The first-order chi connectivity index (χ1) is 9.58. The van der Waals surface area contributed by atoms with E-state index in [-0.39, 0.29) is 11.9 Å². The van der Waals surface area contributed by atoms with Crippen molar-refractivity contribution in [1.82, 2.24) is 15.3 Å². The minimum atomic E-state index is -0.694. The molecule has 0 spiro atoms. The maximum Gasteiger partial charge on any atom is 0.252 e. The standard InChI is InChI=1S/C15H19N3O2/c1-10(16-14(19)15(2)8-5-9-20-15)13-17-11-6-3-4-7-12(11)18-13/h3-4,6-7,10H,5,8-9H2,1-2H3,(H,16,19)(H,17,18). The number of nitrogens with one attached hydrogen (secondary N) is 2. The molecule has 2 unspecified atom stereocenters. The fourth-order valence-corrected chi connectivity index (χ4v) is 2.55. The monoisotopic (exact) mass is 273 g/mol. The van der Waals surface area contributed by atoms with Crippen molar-refractivity contribution >= 4 is 16.9 Å². The topological polar surface area (TPSA) is 67.0 Å². The molecule has 1 aromatic carbocycles. The van der Waals surface area contributed by atoms with Gasteiger partial charge in [-0.05, 0) is 38.8 Å². The largest absolute Gasteiger partial charge is 0.365 e. The number of amides is 1. The Hall–Kier alpha value is -1.88. The molecule has 1 aliphatic rings. The van der Waals surface area contributed by atoms with Gasteiger partial charge in [0.25, 0.3) is 5.91 Å². The number of H-pyrrole nitrogens is 1. The second-order valence-corrected chi connectivity index (χ2v) is 5.52. The highest BCUT2D eigenvalue weighted by molar-refractivity contribution is 5.85. The highest BCUT2D eigenvalue weighted by Crippen LogP contribution is 2.26. The summed E-state index contributed by atoms with van der Waals surface area (Å²) < 4.78 is 5.56. The van der Waals surface area contributed by atoms with Gasteiger partial charge in [-0.25, -0.2) is 4.98 Å². The number of benzene rings is 1. The number of carbonyl (C=O) groups is 1. The van der Waals surface area contributed by atoms with Crippen LogP contribution in [0.3, 0.4) is 0 Å². The lowest BCUT2D eigenvalue weighted by Crippen LogP contribution is -2.45. The number of hydrogen-bond donors (Lipinski definition) is 2. The zero-order valence-electron chi connectivity index (χ0n) is 11.8. The first kappa shape index (κ1) is 13.1. The molecule has 2 aromatic rings. The van der Waals surface area contributed by atoms with E-state index in [2.05, 4.69) is 15.3 Å². The van der Waals surface area contributed by atoms with Gasteiger partial charge in [0.1, 0.15) is 11.4 Å². The van der Waals surface area contributed by atoms with Gasteiger partial charge in [0.15, 0.2) is 0 Å². The number of ether oxygens (including phenoxy) is 1. The molecule has 0 radical (unpaired) electrons. The fraction of sp³-hybridized carbons (Fsp3) is 0.467. The summed E-state index contributed by atoms with van der Waals surface area (Å²) >= 11 is 0. The molecule has 1 aromatic heterocycles. The number of carbonyl (C=O) groups excluding carboxylic acids is 1. The van der Waals surface area contributed by atoms with Crippen molar-refractivity contribution < 1.29 is 9.53 Å². The van der Waals surface area contributed by atoms with Crippen molar-refractivity contribution in [2.45, 2.75) is 38.3 Å². The molecule has 3 rings (SSSR count). The van der Waals surface area contributed by atoms with Crippen LogP contribution in [0.4, 0.5) is 0 Å². The minimum absolute atomic E-state index is 0.0667. The molecule has 1 saturated heterocycles. The van der Waals surface area contributed by atoms with Crippen LogP contribution in [0.2, 0.25) is 0 Å². The van der Waals surface area contributed by atoms with Crippen molar-refractivity contribution in [1.29, 1.82) is 0 Å². The van der Waals surface area contributed by atoms with Crippen LogP contribution >= 0.6 is 0 Å². The van der Waals surface area contributed by atoms with Gasteiger partial charge in [0.05, 0.1) is 17.1 Å². The number of fused-ring (bicyclic) bond motifs is 1. The lowest BCUT2D eigenvalue weighted by molar-refractivity contribution is -0.140. The first-order valence-electron chi connectivity index (χ1n) is 6.98. The zero-order valence-corrected chi connectivity index (χ0v) is 11.8. The number of rotatable bonds is 3. The molecule has 5 heteroatoms. The number of hydrogen-bond acceptors (Lipinski definition) is 3. The number of nitrogens with zero attached hydrogens (tertiary/aromatic N) is 1. The summed E-state index contributed by atoms with van der Waals surface area (Å²) in [6, 6.07) is 7.66. The fourth-order valence-electron chi connectivity index (χ4n) is 2.55. The van der Waals surface area contributed by atoms with E-state index in [1.165, 1.54) is 0 Å². The van der Waals surface area contributed by atoms with Crippen LogP contribution in [-0.4, -0.2) is 28.1 Å². The van der Waals surface area contributed by atoms with Gasteiger partial charge < -0.3 is 15.0 Å². The van der Waals surface area contributed by atoms with Crippen LogP contribution in [0, 0.1) is 0 Å². The smallest absolute Gasteiger partial charge is 0.252 e. The quantitative estimate of drug-likeness (QED) is 0.901. The molecule has 5 nitrogen and oxygen atoms in total. The van der Waals surface area contributed by atoms with Crippen LogP contribution < -0.4 is 5.32 Å². The highest BCUT2D eigenvalue weighted by atomic mass is 16.5. The molecule has 2 heterocycles. The molecule has 106 valence electrons. The Kier molecular flexibility index (Phi) is 3.22. The second-order valence-electron chi connectivity index (χ2n) is 5.52. The molecule has 1 aliphatic heterocycles. The molecule has 0 aliphatic carbocycles. The zero-order chi connectivity index (χ0) is 14.2. The molecule has 1 fully saturated rings. The molecule has 0 bridgehead atoms. The normalized spacial score (nSPS) is 23.9. The van der Waals surface area contributed by atoms with E-state index in [0.717, 1.165) is 29.7 Å². The van der Waals surface area contributed by atoms with Gasteiger partial charge >= 0.3 is 0 Å². The van der Waals surface area contributed by atoms with Crippen molar-refractivity contribution in [3.8, 4) is 0 Å². The predicted octanol–water partition coefficient (Wildman–Crippen LogP) is 2.31. The SMILES string of the molecule is CC(NC(=O)C1(C)CCCO1)c1nc2ccccc2[nH]1. The highest BCUT2D eigenvalue weighted by Gasteiger charge is 2.38. The van der Waals surface area contributed by atoms with Crippen LogP contribution in [0.15, 0.2) is 24.3 Å². The summed E-state index contributed by atoms with van der Waals surface area (Å²) in [4.78, 5) is 20.0. The van der Waals surface area contributed by atoms with E-state index in [9.17, 15) is 4.79 Å². The maximum absolute atomic E-state index is 12.3. The summed E-state index contributed by atoms with van der Waals surface area (Å²) in [6.07, 6.45) is 1.70. The third-order valence-corrected chi connectivity index (χ3v) is 3.86. The van der Waals surface area contributed by atoms with Gasteiger partial charge in [-0.2, -0.15) is 0 Å². The van der Waals surface area contributed by atoms with E-state index < -0.39 is 5.60 Å². The molecular weight excluding hydrogens is 254 g/mol.